The fraction of sp³-hybridized carbons (Fsp3) is 0.400. The molecule has 80 valence electrons. The molecule has 15 heavy (non-hydrogen) atoms. The molecule has 0 spiro atoms. The largest absolute Gasteiger partial charge is 0.466 e. The number of rotatable bonds is 3. The Morgan fingerprint density at radius 1 is 1.40 bits per heavy atom. The summed E-state index contributed by atoms with van der Waals surface area (Å²) in [5.74, 6) is 2.75. The van der Waals surface area contributed by atoms with Gasteiger partial charge in [0.05, 0.1) is 5.56 Å². The number of aromatic nitrogens is 2. The molecule has 0 fully saturated rings. The standard InChI is InChI=1S/C10H13N3O2/c1-6-5-8(7(2)14-6)10-12-9(3-4-11)13-15-10/h5H,3-4,11H2,1-2H3. The summed E-state index contributed by atoms with van der Waals surface area (Å²) in [7, 11) is 0. The minimum absolute atomic E-state index is 0.493. The molecule has 0 aliphatic rings. The van der Waals surface area contributed by atoms with E-state index in [2.05, 4.69) is 10.1 Å². The van der Waals surface area contributed by atoms with Gasteiger partial charge in [0.15, 0.2) is 5.82 Å². The highest BCUT2D eigenvalue weighted by Gasteiger charge is 2.14. The molecule has 2 aromatic rings. The molecule has 0 radical (unpaired) electrons. The molecule has 0 saturated carbocycles. The van der Waals surface area contributed by atoms with Crippen molar-refractivity contribution in [1.29, 1.82) is 0 Å². The van der Waals surface area contributed by atoms with E-state index in [0.29, 0.717) is 24.7 Å². The van der Waals surface area contributed by atoms with Gasteiger partial charge in [-0.15, -0.1) is 0 Å². The molecule has 2 heterocycles. The van der Waals surface area contributed by atoms with E-state index < -0.39 is 0 Å². The van der Waals surface area contributed by atoms with Gasteiger partial charge in [-0.05, 0) is 26.5 Å². The van der Waals surface area contributed by atoms with E-state index >= 15 is 0 Å². The van der Waals surface area contributed by atoms with Gasteiger partial charge in [0.1, 0.15) is 11.5 Å². The molecule has 0 amide bonds. The second-order valence-electron chi connectivity index (χ2n) is 3.38. The van der Waals surface area contributed by atoms with E-state index in [1.54, 1.807) is 0 Å². The predicted molar refractivity (Wildman–Crippen MR) is 54.2 cm³/mol. The Hall–Kier alpha value is -1.62. The Morgan fingerprint density at radius 2 is 2.20 bits per heavy atom. The molecule has 2 rings (SSSR count). The van der Waals surface area contributed by atoms with Crippen LogP contribution in [0.2, 0.25) is 0 Å². The van der Waals surface area contributed by atoms with Crippen molar-refractivity contribution >= 4 is 0 Å². The lowest BCUT2D eigenvalue weighted by atomic mass is 10.2. The highest BCUT2D eigenvalue weighted by atomic mass is 16.5. The summed E-state index contributed by atoms with van der Waals surface area (Å²) in [6.45, 7) is 4.27. The maximum atomic E-state index is 5.40. The fourth-order valence-corrected chi connectivity index (χ4v) is 1.44. The summed E-state index contributed by atoms with van der Waals surface area (Å²) < 4.78 is 10.5. The van der Waals surface area contributed by atoms with Crippen molar-refractivity contribution in [3.05, 3.63) is 23.4 Å². The normalized spacial score (nSPS) is 10.9. The molecule has 2 N–H and O–H groups in total. The van der Waals surface area contributed by atoms with Gasteiger partial charge in [-0.1, -0.05) is 5.16 Å². The first-order chi connectivity index (χ1) is 7.20. The van der Waals surface area contributed by atoms with Crippen molar-refractivity contribution in [1.82, 2.24) is 10.1 Å². The highest BCUT2D eigenvalue weighted by Crippen LogP contribution is 2.24. The highest BCUT2D eigenvalue weighted by molar-refractivity contribution is 5.55. The quantitative estimate of drug-likeness (QED) is 0.824. The van der Waals surface area contributed by atoms with Crippen LogP contribution in [-0.4, -0.2) is 16.7 Å². The molecule has 0 aliphatic heterocycles. The van der Waals surface area contributed by atoms with Crippen LogP contribution in [0.25, 0.3) is 11.5 Å². The Morgan fingerprint density at radius 3 is 2.80 bits per heavy atom. The lowest BCUT2D eigenvalue weighted by Crippen LogP contribution is -2.03. The van der Waals surface area contributed by atoms with Crippen LogP contribution in [0.4, 0.5) is 0 Å². The number of nitrogens with zero attached hydrogens (tertiary/aromatic N) is 2. The third-order valence-electron chi connectivity index (χ3n) is 2.11. The summed E-state index contributed by atoms with van der Waals surface area (Å²) in [6.07, 6.45) is 0.624. The molecule has 0 bridgehead atoms. The van der Waals surface area contributed by atoms with Gasteiger partial charge < -0.3 is 14.7 Å². The monoisotopic (exact) mass is 207 g/mol. The topological polar surface area (TPSA) is 78.1 Å². The zero-order chi connectivity index (χ0) is 10.8. The molecule has 0 atom stereocenters. The van der Waals surface area contributed by atoms with E-state index in [9.17, 15) is 0 Å². The third-order valence-corrected chi connectivity index (χ3v) is 2.11. The van der Waals surface area contributed by atoms with Gasteiger partial charge >= 0.3 is 0 Å². The molecular weight excluding hydrogens is 194 g/mol. The summed E-state index contributed by atoms with van der Waals surface area (Å²) >= 11 is 0. The van der Waals surface area contributed by atoms with Crippen molar-refractivity contribution in [2.45, 2.75) is 20.3 Å². The van der Waals surface area contributed by atoms with E-state index in [4.69, 9.17) is 14.7 Å². The predicted octanol–water partition coefficient (Wildman–Crippen LogP) is 1.45. The van der Waals surface area contributed by atoms with Crippen molar-refractivity contribution in [2.24, 2.45) is 5.73 Å². The molecular formula is C10H13N3O2. The van der Waals surface area contributed by atoms with Gasteiger partial charge in [-0.25, -0.2) is 0 Å². The number of furan rings is 1. The lowest BCUT2D eigenvalue weighted by molar-refractivity contribution is 0.421. The van der Waals surface area contributed by atoms with Crippen LogP contribution >= 0.6 is 0 Å². The molecule has 0 unspecified atom stereocenters. The number of hydrogen-bond donors (Lipinski definition) is 1. The Balaban J connectivity index is 2.32. The SMILES string of the molecule is Cc1cc(-c2nc(CCN)no2)c(C)o1. The molecule has 0 aromatic carbocycles. The molecule has 0 saturated heterocycles. The van der Waals surface area contributed by atoms with Crippen LogP contribution in [0.3, 0.4) is 0 Å². The molecule has 2 aromatic heterocycles. The Bertz CT molecular complexity index is 459. The Kier molecular flexibility index (Phi) is 2.55. The minimum Gasteiger partial charge on any atom is -0.466 e. The van der Waals surface area contributed by atoms with Crippen LogP contribution in [-0.2, 0) is 6.42 Å². The Labute approximate surface area is 87.3 Å². The van der Waals surface area contributed by atoms with Crippen LogP contribution in [0, 0.1) is 13.8 Å². The van der Waals surface area contributed by atoms with Crippen molar-refractivity contribution in [2.75, 3.05) is 6.54 Å². The van der Waals surface area contributed by atoms with E-state index in [1.165, 1.54) is 0 Å². The van der Waals surface area contributed by atoms with E-state index in [1.807, 2.05) is 19.9 Å². The van der Waals surface area contributed by atoms with Gasteiger partial charge in [0, 0.05) is 6.42 Å². The first-order valence-electron chi connectivity index (χ1n) is 4.80. The van der Waals surface area contributed by atoms with Crippen molar-refractivity contribution < 1.29 is 8.94 Å². The van der Waals surface area contributed by atoms with Crippen LogP contribution < -0.4 is 5.73 Å². The fourth-order valence-electron chi connectivity index (χ4n) is 1.44. The number of aryl methyl sites for hydroxylation is 2. The van der Waals surface area contributed by atoms with E-state index in [-0.39, 0.29) is 0 Å². The average molecular weight is 207 g/mol. The summed E-state index contributed by atoms with van der Waals surface area (Å²) in [4.78, 5) is 4.23. The van der Waals surface area contributed by atoms with Crippen LogP contribution in [0.5, 0.6) is 0 Å². The molecule has 5 heteroatoms. The number of nitrogens with two attached hydrogens (primary N) is 1. The smallest absolute Gasteiger partial charge is 0.261 e. The molecule has 5 nitrogen and oxygen atoms in total. The van der Waals surface area contributed by atoms with Crippen molar-refractivity contribution in [3.8, 4) is 11.5 Å². The first kappa shape index (κ1) is 9.92. The van der Waals surface area contributed by atoms with Gasteiger partial charge in [-0.3, -0.25) is 0 Å². The zero-order valence-corrected chi connectivity index (χ0v) is 8.78. The van der Waals surface area contributed by atoms with E-state index in [0.717, 1.165) is 17.1 Å². The zero-order valence-electron chi connectivity index (χ0n) is 8.78. The van der Waals surface area contributed by atoms with Crippen LogP contribution in [0.15, 0.2) is 15.0 Å². The maximum absolute atomic E-state index is 5.40. The number of hydrogen-bond acceptors (Lipinski definition) is 5. The van der Waals surface area contributed by atoms with Gasteiger partial charge in [0.2, 0.25) is 0 Å². The molecule has 0 aliphatic carbocycles. The lowest BCUT2D eigenvalue weighted by Gasteiger charge is -1.87. The van der Waals surface area contributed by atoms with Gasteiger partial charge in [-0.2, -0.15) is 4.98 Å². The second kappa shape index (κ2) is 3.86. The average Bonchev–Trinajstić information content (AvgIpc) is 2.73. The second-order valence-corrected chi connectivity index (χ2v) is 3.38. The summed E-state index contributed by atoms with van der Waals surface area (Å²) in [6, 6.07) is 1.88. The maximum Gasteiger partial charge on any atom is 0.261 e. The first-order valence-corrected chi connectivity index (χ1v) is 4.80. The summed E-state index contributed by atoms with van der Waals surface area (Å²) in [5.41, 5.74) is 6.25. The minimum atomic E-state index is 0.493. The summed E-state index contributed by atoms with van der Waals surface area (Å²) in [5, 5.41) is 3.82. The van der Waals surface area contributed by atoms with Crippen molar-refractivity contribution in [3.63, 3.8) is 0 Å². The van der Waals surface area contributed by atoms with Gasteiger partial charge in [0.25, 0.3) is 5.89 Å². The van der Waals surface area contributed by atoms with Crippen LogP contribution in [0.1, 0.15) is 17.3 Å². The third kappa shape index (κ3) is 1.92.